The van der Waals surface area contributed by atoms with Crippen molar-refractivity contribution in [2.45, 2.75) is 26.7 Å². The fraction of sp³-hybridized carbons (Fsp3) is 0.583. The molecule has 0 amide bonds. The van der Waals surface area contributed by atoms with Gasteiger partial charge in [0, 0.05) is 19.3 Å². The minimum absolute atomic E-state index is 0.00933. The van der Waals surface area contributed by atoms with Crippen molar-refractivity contribution in [3.8, 4) is 0 Å². The molecule has 0 radical (unpaired) electrons. The first-order valence-electron chi connectivity index (χ1n) is 5.90. The summed E-state index contributed by atoms with van der Waals surface area (Å²) in [5.41, 5.74) is 6.24. The van der Waals surface area contributed by atoms with Crippen LogP contribution in [0.25, 0.3) is 0 Å². The number of nitrogens with two attached hydrogens (primary N) is 1. The third kappa shape index (κ3) is 2.72. The number of amidine groups is 1. The summed E-state index contributed by atoms with van der Waals surface area (Å²) in [5, 5.41) is 7.39. The molecule has 1 aromatic heterocycles. The Balaban J connectivity index is 2.22. The zero-order valence-electron chi connectivity index (χ0n) is 10.4. The highest BCUT2D eigenvalue weighted by atomic mass is 15.3. The molecule has 0 saturated carbocycles. The first-order valence-corrected chi connectivity index (χ1v) is 5.90. The summed E-state index contributed by atoms with van der Waals surface area (Å²) in [5.74, 6) is 0.676. The van der Waals surface area contributed by atoms with Gasteiger partial charge in [-0.1, -0.05) is 13.8 Å². The largest absolute Gasteiger partial charge is 0.382 e. The Hall–Kier alpha value is -1.65. The maximum Gasteiger partial charge on any atom is 0.225 e. The highest BCUT2D eigenvalue weighted by Gasteiger charge is 2.27. The van der Waals surface area contributed by atoms with Gasteiger partial charge in [-0.15, -0.1) is 0 Å². The van der Waals surface area contributed by atoms with Crippen LogP contribution in [0.3, 0.4) is 0 Å². The highest BCUT2D eigenvalue weighted by molar-refractivity contribution is 5.93. The lowest BCUT2D eigenvalue weighted by molar-refractivity contribution is 0.291. The van der Waals surface area contributed by atoms with Gasteiger partial charge in [0.05, 0.1) is 0 Å². The van der Waals surface area contributed by atoms with E-state index in [-0.39, 0.29) is 5.84 Å². The van der Waals surface area contributed by atoms with Crippen LogP contribution in [0, 0.1) is 10.8 Å². The summed E-state index contributed by atoms with van der Waals surface area (Å²) < 4.78 is 0. The Morgan fingerprint density at radius 1 is 1.53 bits per heavy atom. The molecule has 3 N–H and O–H groups in total. The first kappa shape index (κ1) is 11.8. The van der Waals surface area contributed by atoms with Gasteiger partial charge >= 0.3 is 0 Å². The molecular weight excluding hydrogens is 214 g/mol. The summed E-state index contributed by atoms with van der Waals surface area (Å²) in [6.07, 6.45) is 4.05. The summed E-state index contributed by atoms with van der Waals surface area (Å²) >= 11 is 0. The fourth-order valence-corrected chi connectivity index (χ4v) is 2.24. The van der Waals surface area contributed by atoms with Gasteiger partial charge in [-0.3, -0.25) is 5.41 Å². The summed E-state index contributed by atoms with van der Waals surface area (Å²) in [7, 11) is 0. The molecule has 17 heavy (non-hydrogen) atoms. The SMILES string of the molecule is CC1(C)CCCN(c2nccc(C(=N)N)n2)C1. The van der Waals surface area contributed by atoms with E-state index in [1.54, 1.807) is 12.3 Å². The monoisotopic (exact) mass is 233 g/mol. The average molecular weight is 233 g/mol. The molecule has 0 spiro atoms. The van der Waals surface area contributed by atoms with E-state index < -0.39 is 0 Å². The molecule has 1 aliphatic heterocycles. The number of nitrogens with zero attached hydrogens (tertiary/aromatic N) is 3. The summed E-state index contributed by atoms with van der Waals surface area (Å²) in [6.45, 7) is 6.45. The van der Waals surface area contributed by atoms with E-state index in [2.05, 4.69) is 28.7 Å². The normalized spacial score (nSPS) is 19.1. The van der Waals surface area contributed by atoms with Gasteiger partial charge in [0.25, 0.3) is 0 Å². The van der Waals surface area contributed by atoms with E-state index in [0.29, 0.717) is 17.1 Å². The van der Waals surface area contributed by atoms with Gasteiger partial charge in [-0.25, -0.2) is 9.97 Å². The Kier molecular flexibility index (Phi) is 3.00. The standard InChI is InChI=1S/C12H19N5/c1-12(2)5-3-7-17(8-12)11-15-6-4-9(16-11)10(13)14/h4,6H,3,5,7-8H2,1-2H3,(H3,13,14). The molecule has 5 nitrogen and oxygen atoms in total. The van der Waals surface area contributed by atoms with Crippen molar-refractivity contribution in [2.75, 3.05) is 18.0 Å². The van der Waals surface area contributed by atoms with E-state index >= 15 is 0 Å². The lowest BCUT2D eigenvalue weighted by atomic mass is 9.84. The summed E-state index contributed by atoms with van der Waals surface area (Å²) in [4.78, 5) is 10.8. The van der Waals surface area contributed by atoms with Crippen LogP contribution in [0.2, 0.25) is 0 Å². The van der Waals surface area contributed by atoms with Crippen molar-refractivity contribution in [2.24, 2.45) is 11.1 Å². The molecule has 0 atom stereocenters. The van der Waals surface area contributed by atoms with Gasteiger partial charge < -0.3 is 10.6 Å². The molecule has 2 rings (SSSR count). The topological polar surface area (TPSA) is 78.9 Å². The van der Waals surface area contributed by atoms with E-state index in [0.717, 1.165) is 19.5 Å². The van der Waals surface area contributed by atoms with Crippen molar-refractivity contribution < 1.29 is 0 Å². The van der Waals surface area contributed by atoms with Crippen molar-refractivity contribution in [3.63, 3.8) is 0 Å². The molecule has 1 aliphatic rings. The Labute approximate surface area is 102 Å². The van der Waals surface area contributed by atoms with Crippen LogP contribution in [0.15, 0.2) is 12.3 Å². The number of hydrogen-bond acceptors (Lipinski definition) is 4. The third-order valence-corrected chi connectivity index (χ3v) is 3.10. The third-order valence-electron chi connectivity index (χ3n) is 3.10. The van der Waals surface area contributed by atoms with Crippen LogP contribution >= 0.6 is 0 Å². The van der Waals surface area contributed by atoms with E-state index in [1.165, 1.54) is 6.42 Å². The van der Waals surface area contributed by atoms with Crippen LogP contribution in [0.5, 0.6) is 0 Å². The maximum absolute atomic E-state index is 7.39. The van der Waals surface area contributed by atoms with Crippen LogP contribution in [-0.2, 0) is 0 Å². The van der Waals surface area contributed by atoms with Gasteiger partial charge in [0.15, 0.2) is 0 Å². The molecule has 0 unspecified atom stereocenters. The number of piperidine rings is 1. The average Bonchev–Trinajstić information content (AvgIpc) is 2.28. The smallest absolute Gasteiger partial charge is 0.225 e. The second-order valence-corrected chi connectivity index (χ2v) is 5.34. The van der Waals surface area contributed by atoms with Crippen LogP contribution in [0.1, 0.15) is 32.4 Å². The second-order valence-electron chi connectivity index (χ2n) is 5.34. The number of hydrogen-bond donors (Lipinski definition) is 2. The van der Waals surface area contributed by atoms with Crippen LogP contribution in [-0.4, -0.2) is 28.9 Å². The quantitative estimate of drug-likeness (QED) is 0.597. The zero-order valence-corrected chi connectivity index (χ0v) is 10.4. The molecule has 1 fully saturated rings. The minimum Gasteiger partial charge on any atom is -0.382 e. The first-order chi connectivity index (χ1) is 7.98. The van der Waals surface area contributed by atoms with Gasteiger partial charge in [0.1, 0.15) is 11.5 Å². The minimum atomic E-state index is -0.00933. The number of anilines is 1. The van der Waals surface area contributed by atoms with E-state index in [1.807, 2.05) is 0 Å². The van der Waals surface area contributed by atoms with E-state index in [9.17, 15) is 0 Å². The predicted molar refractivity (Wildman–Crippen MR) is 68.3 cm³/mol. The van der Waals surface area contributed by atoms with Crippen molar-refractivity contribution in [1.82, 2.24) is 9.97 Å². The summed E-state index contributed by atoms with van der Waals surface area (Å²) in [6, 6.07) is 1.67. The second kappa shape index (κ2) is 4.31. The molecular formula is C12H19N5. The molecule has 1 aromatic rings. The Bertz CT molecular complexity index is 427. The highest BCUT2D eigenvalue weighted by Crippen LogP contribution is 2.29. The van der Waals surface area contributed by atoms with Crippen molar-refractivity contribution in [3.05, 3.63) is 18.0 Å². The van der Waals surface area contributed by atoms with Crippen LogP contribution in [0.4, 0.5) is 5.95 Å². The number of nitrogen functional groups attached to an aromatic ring is 1. The lowest BCUT2D eigenvalue weighted by Crippen LogP contribution is -2.41. The molecule has 92 valence electrons. The molecule has 2 heterocycles. The predicted octanol–water partition coefficient (Wildman–Crippen LogP) is 1.39. The molecule has 1 saturated heterocycles. The molecule has 5 heteroatoms. The lowest BCUT2D eigenvalue weighted by Gasteiger charge is -2.38. The Morgan fingerprint density at radius 2 is 2.29 bits per heavy atom. The van der Waals surface area contributed by atoms with Crippen LogP contribution < -0.4 is 10.6 Å². The fourth-order valence-electron chi connectivity index (χ4n) is 2.24. The Morgan fingerprint density at radius 3 is 2.94 bits per heavy atom. The van der Waals surface area contributed by atoms with Gasteiger partial charge in [0.2, 0.25) is 5.95 Å². The molecule has 0 aromatic carbocycles. The molecule has 0 aliphatic carbocycles. The van der Waals surface area contributed by atoms with Crippen molar-refractivity contribution in [1.29, 1.82) is 5.41 Å². The maximum atomic E-state index is 7.39. The number of nitrogens with one attached hydrogen (secondary N) is 1. The number of aromatic nitrogens is 2. The van der Waals surface area contributed by atoms with E-state index in [4.69, 9.17) is 11.1 Å². The van der Waals surface area contributed by atoms with Gasteiger partial charge in [-0.2, -0.15) is 0 Å². The zero-order chi connectivity index (χ0) is 12.5. The van der Waals surface area contributed by atoms with Gasteiger partial charge in [-0.05, 0) is 24.3 Å². The number of rotatable bonds is 2. The molecule has 0 bridgehead atoms. The van der Waals surface area contributed by atoms with Crippen molar-refractivity contribution >= 4 is 11.8 Å².